The standard InChI is InChI=1S/C26H33N5O3/c1-17(2)23-6-5-7-24(31(23)34)26(33)27-22-14-18-16-30(19-8-10-20(32)11-9-19)28-21(18)15-25(22)29-12-3-4-13-29/h5-7,14-17,19-20,32H,3-4,8-13H2,1-2H3,(H-,27,33,34)/p+1. The van der Waals surface area contributed by atoms with Gasteiger partial charge in [0, 0.05) is 47.5 Å². The van der Waals surface area contributed by atoms with Crippen molar-refractivity contribution < 1.29 is 19.8 Å². The zero-order chi connectivity index (χ0) is 23.8. The normalized spacial score (nSPS) is 20.9. The number of amides is 1. The van der Waals surface area contributed by atoms with E-state index in [1.807, 2.05) is 36.9 Å². The van der Waals surface area contributed by atoms with Gasteiger partial charge in [-0.1, -0.05) is 13.8 Å². The Hall–Kier alpha value is -3.13. The molecule has 1 aliphatic carbocycles. The van der Waals surface area contributed by atoms with E-state index in [1.165, 1.54) is 0 Å². The van der Waals surface area contributed by atoms with Gasteiger partial charge in [0.1, 0.15) is 0 Å². The average molecular weight is 465 g/mol. The Morgan fingerprint density at radius 1 is 1.15 bits per heavy atom. The molecule has 2 fully saturated rings. The predicted octanol–water partition coefficient (Wildman–Crippen LogP) is 4.01. The molecule has 5 rings (SSSR count). The lowest BCUT2D eigenvalue weighted by molar-refractivity contribution is -0.911. The van der Waals surface area contributed by atoms with Crippen LogP contribution in [0.25, 0.3) is 10.9 Å². The van der Waals surface area contributed by atoms with E-state index in [1.54, 1.807) is 12.1 Å². The van der Waals surface area contributed by atoms with Crippen LogP contribution < -0.4 is 14.9 Å². The molecule has 1 saturated heterocycles. The van der Waals surface area contributed by atoms with Gasteiger partial charge in [-0.15, -0.1) is 0 Å². The second-order valence-electron chi connectivity index (χ2n) is 9.95. The summed E-state index contributed by atoms with van der Waals surface area (Å²) in [6, 6.07) is 9.60. The van der Waals surface area contributed by atoms with Gasteiger partial charge < -0.3 is 15.3 Å². The number of rotatable bonds is 5. The topological polar surface area (TPSA) is 94.5 Å². The Bertz CT molecular complexity index is 1190. The smallest absolute Gasteiger partial charge is 0.325 e. The first-order valence-corrected chi connectivity index (χ1v) is 12.4. The number of hydrogen-bond acceptors (Lipinski definition) is 5. The third-order valence-corrected chi connectivity index (χ3v) is 7.19. The van der Waals surface area contributed by atoms with Crippen LogP contribution >= 0.6 is 0 Å². The van der Waals surface area contributed by atoms with Crippen LogP contribution in [0.1, 0.15) is 80.5 Å². The van der Waals surface area contributed by atoms with Crippen molar-refractivity contribution >= 4 is 28.2 Å². The number of benzene rings is 1. The summed E-state index contributed by atoms with van der Waals surface area (Å²) < 4.78 is 3.02. The third kappa shape index (κ3) is 4.34. The summed E-state index contributed by atoms with van der Waals surface area (Å²) >= 11 is 0. The van der Waals surface area contributed by atoms with Gasteiger partial charge in [0.25, 0.3) is 0 Å². The monoisotopic (exact) mass is 464 g/mol. The number of fused-ring (bicyclic) bond motifs is 1. The summed E-state index contributed by atoms with van der Waals surface area (Å²) in [7, 11) is 0. The SMILES string of the molecule is CC(C)c1cccc(C(=O)Nc2cc3cn(C4CCC(O)CC4)nc3cc2N2CCCC2)[n+]1O. The fourth-order valence-electron chi connectivity index (χ4n) is 5.22. The first-order valence-electron chi connectivity index (χ1n) is 12.4. The minimum Gasteiger partial charge on any atom is -0.393 e. The highest BCUT2D eigenvalue weighted by molar-refractivity contribution is 6.05. The van der Waals surface area contributed by atoms with Crippen LogP contribution in [0.4, 0.5) is 11.4 Å². The molecule has 3 N–H and O–H groups in total. The van der Waals surface area contributed by atoms with Crippen molar-refractivity contribution in [3.63, 3.8) is 0 Å². The number of pyridine rings is 1. The highest BCUT2D eigenvalue weighted by Gasteiger charge is 2.27. The Morgan fingerprint density at radius 2 is 1.88 bits per heavy atom. The average Bonchev–Trinajstić information content (AvgIpc) is 3.48. The van der Waals surface area contributed by atoms with E-state index in [0.29, 0.717) is 5.69 Å². The van der Waals surface area contributed by atoms with E-state index in [0.717, 1.165) is 78.6 Å². The second kappa shape index (κ2) is 9.25. The molecule has 1 saturated carbocycles. The van der Waals surface area contributed by atoms with E-state index in [2.05, 4.69) is 16.3 Å². The zero-order valence-electron chi connectivity index (χ0n) is 19.9. The molecule has 34 heavy (non-hydrogen) atoms. The number of aliphatic hydroxyl groups is 1. The zero-order valence-corrected chi connectivity index (χ0v) is 19.9. The van der Waals surface area contributed by atoms with Crippen LogP contribution in [0.5, 0.6) is 0 Å². The van der Waals surface area contributed by atoms with Gasteiger partial charge in [-0.25, -0.2) is 0 Å². The molecule has 3 heterocycles. The van der Waals surface area contributed by atoms with E-state index in [4.69, 9.17) is 5.10 Å². The van der Waals surface area contributed by atoms with Crippen molar-refractivity contribution in [1.29, 1.82) is 0 Å². The molecular weight excluding hydrogens is 430 g/mol. The molecule has 0 unspecified atom stereocenters. The molecule has 180 valence electrons. The largest absolute Gasteiger partial charge is 0.393 e. The quantitative estimate of drug-likeness (QED) is 0.392. The van der Waals surface area contributed by atoms with Gasteiger partial charge in [-0.3, -0.25) is 14.7 Å². The van der Waals surface area contributed by atoms with Gasteiger partial charge in [-0.2, -0.15) is 5.10 Å². The van der Waals surface area contributed by atoms with Crippen LogP contribution in [0.15, 0.2) is 36.5 Å². The van der Waals surface area contributed by atoms with Crippen LogP contribution in [0.2, 0.25) is 0 Å². The lowest BCUT2D eigenvalue weighted by Gasteiger charge is -2.25. The van der Waals surface area contributed by atoms with Crippen LogP contribution in [0.3, 0.4) is 0 Å². The van der Waals surface area contributed by atoms with Crippen LogP contribution in [0, 0.1) is 0 Å². The van der Waals surface area contributed by atoms with Gasteiger partial charge in [-0.05, 0) is 56.7 Å². The van der Waals surface area contributed by atoms with Crippen LogP contribution in [-0.2, 0) is 0 Å². The highest BCUT2D eigenvalue weighted by atomic mass is 16.5. The summed E-state index contributed by atoms with van der Waals surface area (Å²) in [5.74, 6) is -0.264. The fourth-order valence-corrected chi connectivity index (χ4v) is 5.22. The lowest BCUT2D eigenvalue weighted by atomic mass is 9.93. The minimum atomic E-state index is -0.349. The molecule has 0 radical (unpaired) electrons. The molecular formula is C26H34N5O3+. The van der Waals surface area contributed by atoms with E-state index < -0.39 is 0 Å². The van der Waals surface area contributed by atoms with Crippen molar-refractivity contribution in [1.82, 2.24) is 9.78 Å². The first-order chi connectivity index (χ1) is 16.4. The number of anilines is 2. The molecule has 1 aliphatic heterocycles. The number of aliphatic hydroxyl groups excluding tert-OH is 1. The Morgan fingerprint density at radius 3 is 2.59 bits per heavy atom. The number of nitrogens with one attached hydrogen (secondary N) is 1. The molecule has 0 bridgehead atoms. The van der Waals surface area contributed by atoms with Crippen molar-refractivity contribution in [3.8, 4) is 0 Å². The molecule has 1 amide bonds. The Kier molecular flexibility index (Phi) is 6.16. The summed E-state index contributed by atoms with van der Waals surface area (Å²) in [6.45, 7) is 5.85. The number of aromatic nitrogens is 3. The minimum absolute atomic E-state index is 0.0843. The molecule has 8 heteroatoms. The molecule has 1 aromatic carbocycles. The molecule has 0 atom stereocenters. The van der Waals surface area contributed by atoms with Crippen LogP contribution in [-0.4, -0.2) is 45.2 Å². The predicted molar refractivity (Wildman–Crippen MR) is 131 cm³/mol. The van der Waals surface area contributed by atoms with Crippen molar-refractivity contribution in [2.45, 2.75) is 70.4 Å². The molecule has 3 aromatic rings. The number of hydrogen-bond donors (Lipinski definition) is 3. The van der Waals surface area contributed by atoms with E-state index in [9.17, 15) is 15.1 Å². The molecule has 8 nitrogen and oxygen atoms in total. The van der Waals surface area contributed by atoms with Gasteiger partial charge >= 0.3 is 11.6 Å². The Labute approximate surface area is 199 Å². The molecule has 2 aliphatic rings. The maximum atomic E-state index is 13.2. The van der Waals surface area contributed by atoms with Crippen molar-refractivity contribution in [3.05, 3.63) is 47.9 Å². The highest BCUT2D eigenvalue weighted by Crippen LogP contribution is 2.35. The maximum absolute atomic E-state index is 13.2. The summed E-state index contributed by atoms with van der Waals surface area (Å²) in [5.41, 5.74) is 3.49. The number of carbonyl (C=O) groups excluding carboxylic acids is 1. The van der Waals surface area contributed by atoms with Crippen molar-refractivity contribution in [2.75, 3.05) is 23.3 Å². The third-order valence-electron chi connectivity index (χ3n) is 7.19. The second-order valence-corrected chi connectivity index (χ2v) is 9.95. The van der Waals surface area contributed by atoms with E-state index in [-0.39, 0.29) is 29.7 Å². The molecule has 0 spiro atoms. The summed E-state index contributed by atoms with van der Waals surface area (Å²) in [4.78, 5) is 15.5. The molecule has 2 aromatic heterocycles. The number of carbonyl (C=O) groups is 1. The first kappa shape index (κ1) is 22.7. The number of nitrogens with zero attached hydrogens (tertiary/aromatic N) is 4. The van der Waals surface area contributed by atoms with Gasteiger partial charge in [0.05, 0.1) is 29.0 Å². The van der Waals surface area contributed by atoms with Crippen molar-refractivity contribution in [2.24, 2.45) is 0 Å². The fraction of sp³-hybridized carbons (Fsp3) is 0.500. The Balaban J connectivity index is 1.49. The van der Waals surface area contributed by atoms with E-state index >= 15 is 0 Å². The van der Waals surface area contributed by atoms with Gasteiger partial charge in [0.2, 0.25) is 5.69 Å². The van der Waals surface area contributed by atoms with Gasteiger partial charge in [0.15, 0.2) is 0 Å². The summed E-state index contributed by atoms with van der Waals surface area (Å²) in [6.07, 6.45) is 7.53. The summed E-state index contributed by atoms with van der Waals surface area (Å²) in [5, 5.41) is 29.4. The maximum Gasteiger partial charge on any atom is 0.325 e. The lowest BCUT2D eigenvalue weighted by Crippen LogP contribution is -2.43.